The van der Waals surface area contributed by atoms with Gasteiger partial charge in [0.25, 0.3) is 5.91 Å². The van der Waals surface area contributed by atoms with Crippen LogP contribution >= 0.6 is 0 Å². The van der Waals surface area contributed by atoms with E-state index in [2.05, 4.69) is 6.58 Å². The number of benzene rings is 2. The maximum Gasteiger partial charge on any atom is 0.414 e. The van der Waals surface area contributed by atoms with Gasteiger partial charge in [-0.15, -0.1) is 6.58 Å². The van der Waals surface area contributed by atoms with Crippen LogP contribution in [0, 0.1) is 0 Å². The molecule has 2 amide bonds. The molecule has 2 aromatic rings. The first-order valence-electron chi connectivity index (χ1n) is 10.3. The van der Waals surface area contributed by atoms with Crippen LogP contribution < -0.4 is 0 Å². The van der Waals surface area contributed by atoms with Crippen molar-refractivity contribution >= 4 is 22.0 Å². The Labute approximate surface area is 187 Å². The highest BCUT2D eigenvalue weighted by Crippen LogP contribution is 2.40. The number of nitrogens with zero attached hydrogens (tertiary/aromatic N) is 2. The lowest BCUT2D eigenvalue weighted by atomic mass is 10.1. The number of fused-ring (bicyclic) bond motifs is 1. The van der Waals surface area contributed by atoms with E-state index in [1.165, 1.54) is 11.0 Å². The van der Waals surface area contributed by atoms with Crippen molar-refractivity contribution < 1.29 is 22.7 Å². The Morgan fingerprint density at radius 1 is 1.06 bits per heavy atom. The molecule has 32 heavy (non-hydrogen) atoms. The predicted octanol–water partition coefficient (Wildman–Crippen LogP) is 3.60. The second-order valence-electron chi connectivity index (χ2n) is 7.70. The summed E-state index contributed by atoms with van der Waals surface area (Å²) < 4.78 is 32.8. The largest absolute Gasteiger partial charge is 0.444 e. The van der Waals surface area contributed by atoms with Gasteiger partial charge < -0.3 is 4.74 Å². The molecule has 2 heterocycles. The van der Waals surface area contributed by atoms with Crippen LogP contribution in [0.1, 0.15) is 24.0 Å². The zero-order valence-corrected chi connectivity index (χ0v) is 18.3. The molecule has 1 fully saturated rings. The van der Waals surface area contributed by atoms with E-state index in [1.54, 1.807) is 30.3 Å². The van der Waals surface area contributed by atoms with E-state index in [1.807, 2.05) is 30.3 Å². The van der Waals surface area contributed by atoms with Gasteiger partial charge in [-0.25, -0.2) is 17.5 Å². The Morgan fingerprint density at radius 3 is 2.31 bits per heavy atom. The minimum atomic E-state index is -3.94. The van der Waals surface area contributed by atoms with E-state index < -0.39 is 28.1 Å². The molecule has 4 rings (SSSR count). The molecular formula is C24H24N2O5S. The third-order valence-electron chi connectivity index (χ3n) is 5.55. The molecule has 0 spiro atoms. The molecule has 7 nitrogen and oxygen atoms in total. The number of hydrogen-bond donors (Lipinski definition) is 0. The van der Waals surface area contributed by atoms with Gasteiger partial charge in [-0.05, 0) is 24.0 Å². The van der Waals surface area contributed by atoms with Crippen molar-refractivity contribution in [2.24, 2.45) is 0 Å². The van der Waals surface area contributed by atoms with Gasteiger partial charge in [0.1, 0.15) is 6.61 Å². The van der Waals surface area contributed by atoms with Gasteiger partial charge in [-0.1, -0.05) is 66.7 Å². The molecule has 1 atom stereocenters. The van der Waals surface area contributed by atoms with E-state index in [4.69, 9.17) is 4.74 Å². The zero-order valence-electron chi connectivity index (χ0n) is 17.5. The van der Waals surface area contributed by atoms with Gasteiger partial charge in [0, 0.05) is 12.1 Å². The first-order valence-corrected chi connectivity index (χ1v) is 12.0. The maximum atomic E-state index is 13.2. The van der Waals surface area contributed by atoms with Crippen LogP contribution in [0.2, 0.25) is 0 Å². The third-order valence-corrected chi connectivity index (χ3v) is 7.27. The summed E-state index contributed by atoms with van der Waals surface area (Å²) in [5, 5.41) is 0. The molecule has 0 aliphatic carbocycles. The number of rotatable bonds is 7. The zero-order chi connectivity index (χ0) is 22.7. The van der Waals surface area contributed by atoms with Gasteiger partial charge in [-0.2, -0.15) is 0 Å². The second kappa shape index (κ2) is 9.00. The lowest BCUT2D eigenvalue weighted by Gasteiger charge is -2.23. The quantitative estimate of drug-likeness (QED) is 0.600. The second-order valence-corrected chi connectivity index (χ2v) is 9.54. The maximum absolute atomic E-state index is 13.2. The number of amides is 2. The number of hydrogen-bond acceptors (Lipinski definition) is 5. The van der Waals surface area contributed by atoms with Crippen LogP contribution in [0.15, 0.2) is 84.6 Å². The third kappa shape index (κ3) is 4.18. The fourth-order valence-electron chi connectivity index (χ4n) is 4.16. The monoisotopic (exact) mass is 452 g/mol. The molecule has 0 unspecified atom stereocenters. The van der Waals surface area contributed by atoms with Crippen molar-refractivity contribution in [2.75, 3.05) is 6.54 Å². The molecule has 0 saturated carbocycles. The Morgan fingerprint density at radius 2 is 1.69 bits per heavy atom. The average molecular weight is 453 g/mol. The van der Waals surface area contributed by atoms with Crippen LogP contribution in [0.4, 0.5) is 4.79 Å². The number of carbonyl (C=O) groups is 2. The molecule has 0 radical (unpaired) electrons. The molecule has 2 aliphatic rings. The Bertz CT molecular complexity index is 1160. The first-order chi connectivity index (χ1) is 15.4. The number of likely N-dealkylation sites (tertiary alicyclic amines) is 1. The Hall–Kier alpha value is -3.39. The van der Waals surface area contributed by atoms with Gasteiger partial charge in [0.15, 0.2) is 0 Å². The minimum Gasteiger partial charge on any atom is -0.444 e. The van der Waals surface area contributed by atoms with Gasteiger partial charge in [0.05, 0.1) is 17.5 Å². The van der Waals surface area contributed by atoms with E-state index in [0.29, 0.717) is 17.7 Å². The molecular weight excluding hydrogens is 428 g/mol. The van der Waals surface area contributed by atoms with Crippen LogP contribution in [0.25, 0.3) is 0 Å². The van der Waals surface area contributed by atoms with E-state index >= 15 is 0 Å². The van der Waals surface area contributed by atoms with Crippen LogP contribution in [-0.2, 0) is 31.9 Å². The SMILES string of the molecule is C=CCC1=C2[C@H](CCN2C(=O)OCc2ccccc2)N(S(=O)(=O)Cc2ccccc2)C1=O. The fourth-order valence-corrected chi connectivity index (χ4v) is 5.87. The molecule has 8 heteroatoms. The number of allylic oxidation sites excluding steroid dienone is 1. The van der Waals surface area contributed by atoms with Crippen molar-refractivity contribution in [2.45, 2.75) is 31.2 Å². The lowest BCUT2D eigenvalue weighted by Crippen LogP contribution is -2.40. The van der Waals surface area contributed by atoms with Crippen molar-refractivity contribution in [1.29, 1.82) is 0 Å². The Balaban J connectivity index is 1.57. The number of carbonyl (C=O) groups excluding carboxylic acids is 2. The fraction of sp³-hybridized carbons (Fsp3) is 0.250. The molecule has 0 aromatic heterocycles. The summed E-state index contributed by atoms with van der Waals surface area (Å²) in [6.45, 7) is 4.05. The molecule has 166 valence electrons. The van der Waals surface area contributed by atoms with Crippen LogP contribution in [0.5, 0.6) is 0 Å². The predicted molar refractivity (Wildman–Crippen MR) is 119 cm³/mol. The summed E-state index contributed by atoms with van der Waals surface area (Å²) in [6.07, 6.45) is 1.44. The van der Waals surface area contributed by atoms with E-state index in [9.17, 15) is 18.0 Å². The van der Waals surface area contributed by atoms with Crippen LogP contribution in [0.3, 0.4) is 0 Å². The summed E-state index contributed by atoms with van der Waals surface area (Å²) in [6, 6.07) is 17.3. The molecule has 1 saturated heterocycles. The summed E-state index contributed by atoms with van der Waals surface area (Å²) >= 11 is 0. The lowest BCUT2D eigenvalue weighted by molar-refractivity contribution is -0.122. The van der Waals surface area contributed by atoms with Crippen molar-refractivity contribution in [3.8, 4) is 0 Å². The van der Waals surface area contributed by atoms with Gasteiger partial charge in [-0.3, -0.25) is 9.69 Å². The van der Waals surface area contributed by atoms with E-state index in [0.717, 1.165) is 9.87 Å². The number of ether oxygens (including phenoxy) is 1. The van der Waals surface area contributed by atoms with Crippen molar-refractivity contribution in [1.82, 2.24) is 9.21 Å². The van der Waals surface area contributed by atoms with Gasteiger partial charge in [0.2, 0.25) is 10.0 Å². The van der Waals surface area contributed by atoms with Crippen molar-refractivity contribution in [3.63, 3.8) is 0 Å². The molecule has 0 bridgehead atoms. The topological polar surface area (TPSA) is 84.0 Å². The molecule has 0 N–H and O–H groups in total. The molecule has 2 aliphatic heterocycles. The first kappa shape index (κ1) is 21.8. The highest BCUT2D eigenvalue weighted by Gasteiger charge is 2.51. The Kier molecular flexibility index (Phi) is 6.14. The van der Waals surface area contributed by atoms with Gasteiger partial charge >= 0.3 is 6.09 Å². The summed E-state index contributed by atoms with van der Waals surface area (Å²) in [5.74, 6) is -0.884. The smallest absolute Gasteiger partial charge is 0.414 e. The summed E-state index contributed by atoms with van der Waals surface area (Å²) in [4.78, 5) is 27.4. The van der Waals surface area contributed by atoms with Crippen molar-refractivity contribution in [3.05, 3.63) is 95.7 Å². The molecule has 2 aromatic carbocycles. The summed E-state index contributed by atoms with van der Waals surface area (Å²) in [5.41, 5.74) is 2.11. The normalized spacial score (nSPS) is 18.1. The standard InChI is InChI=1S/C24H24N2O5S/c1-2-9-20-22-21(14-15-25(22)24(28)31-16-18-10-5-3-6-11-18)26(23(20)27)32(29,30)17-19-12-7-4-8-13-19/h2-8,10-13,21H,1,9,14-17H2/t21-/m0/s1. The van der Waals surface area contributed by atoms with E-state index in [-0.39, 0.29) is 30.9 Å². The average Bonchev–Trinajstić information content (AvgIpc) is 3.32. The minimum absolute atomic E-state index is 0.0921. The highest BCUT2D eigenvalue weighted by atomic mass is 32.2. The van der Waals surface area contributed by atoms with Crippen LogP contribution in [-0.4, -0.2) is 42.2 Å². The highest BCUT2D eigenvalue weighted by molar-refractivity contribution is 7.88. The summed E-state index contributed by atoms with van der Waals surface area (Å²) in [7, 11) is -3.94. The number of sulfonamides is 1.